The first kappa shape index (κ1) is 19.7. The summed E-state index contributed by atoms with van der Waals surface area (Å²) >= 11 is 0. The molecule has 2 aromatic carbocycles. The average Bonchev–Trinajstić information content (AvgIpc) is 2.78. The highest BCUT2D eigenvalue weighted by molar-refractivity contribution is 5.94. The standard InChI is InChI=1S/C23H28N2O4/c1-16(23(27)24-19-7-8-20-21(15-19)29-14-13-28-20)25-11-9-18(10-12-25)22(26)17-5-3-2-4-6-17/h2-8,15-16,18,22,26H,9-14H2,1H3,(H,24,27). The number of anilines is 1. The zero-order chi connectivity index (χ0) is 20.2. The molecule has 154 valence electrons. The SMILES string of the molecule is CC(C(=O)Nc1ccc2c(c1)OCCO2)N1CCC(C(O)c2ccccc2)CC1. The smallest absolute Gasteiger partial charge is 0.241 e. The van der Waals surface area contributed by atoms with Gasteiger partial charge in [0, 0.05) is 11.8 Å². The van der Waals surface area contributed by atoms with E-state index in [2.05, 4.69) is 10.2 Å². The summed E-state index contributed by atoms with van der Waals surface area (Å²) in [7, 11) is 0. The number of rotatable bonds is 5. The highest BCUT2D eigenvalue weighted by Crippen LogP contribution is 2.33. The first-order valence-corrected chi connectivity index (χ1v) is 10.3. The second-order valence-electron chi connectivity index (χ2n) is 7.75. The molecular formula is C23H28N2O4. The number of aliphatic hydroxyl groups is 1. The molecule has 0 spiro atoms. The number of hydrogen-bond donors (Lipinski definition) is 2. The van der Waals surface area contributed by atoms with Crippen molar-refractivity contribution in [3.63, 3.8) is 0 Å². The number of aliphatic hydroxyl groups excluding tert-OH is 1. The normalized spacial score (nSPS) is 19.4. The van der Waals surface area contributed by atoms with Gasteiger partial charge in [-0.05, 0) is 56.5 Å². The zero-order valence-electron chi connectivity index (χ0n) is 16.7. The summed E-state index contributed by atoms with van der Waals surface area (Å²) in [4.78, 5) is 14.9. The second-order valence-corrected chi connectivity index (χ2v) is 7.75. The summed E-state index contributed by atoms with van der Waals surface area (Å²) in [6, 6.07) is 15.0. The maximum absolute atomic E-state index is 12.7. The van der Waals surface area contributed by atoms with Gasteiger partial charge in [-0.25, -0.2) is 0 Å². The van der Waals surface area contributed by atoms with Crippen molar-refractivity contribution in [1.29, 1.82) is 0 Å². The number of carbonyl (C=O) groups is 1. The van der Waals surface area contributed by atoms with Crippen LogP contribution in [0.2, 0.25) is 0 Å². The van der Waals surface area contributed by atoms with Crippen LogP contribution < -0.4 is 14.8 Å². The second kappa shape index (κ2) is 8.84. The summed E-state index contributed by atoms with van der Waals surface area (Å²) in [5, 5.41) is 13.6. The van der Waals surface area contributed by atoms with Gasteiger partial charge in [-0.3, -0.25) is 9.69 Å². The van der Waals surface area contributed by atoms with Crippen molar-refractivity contribution in [2.45, 2.75) is 31.9 Å². The molecule has 2 N–H and O–H groups in total. The van der Waals surface area contributed by atoms with Crippen LogP contribution in [0.5, 0.6) is 11.5 Å². The minimum absolute atomic E-state index is 0.0382. The van der Waals surface area contributed by atoms with Gasteiger partial charge in [-0.15, -0.1) is 0 Å². The quantitative estimate of drug-likeness (QED) is 0.812. The summed E-state index contributed by atoms with van der Waals surface area (Å²) in [5.41, 5.74) is 1.68. The Balaban J connectivity index is 1.31. The van der Waals surface area contributed by atoms with Crippen LogP contribution in [0.15, 0.2) is 48.5 Å². The maximum atomic E-state index is 12.7. The van der Waals surface area contributed by atoms with E-state index >= 15 is 0 Å². The molecule has 2 aliphatic rings. The molecule has 6 heteroatoms. The summed E-state index contributed by atoms with van der Waals surface area (Å²) in [6.07, 6.45) is 1.30. The molecule has 2 heterocycles. The van der Waals surface area contributed by atoms with E-state index in [4.69, 9.17) is 9.47 Å². The van der Waals surface area contributed by atoms with Crippen LogP contribution in [-0.2, 0) is 4.79 Å². The Morgan fingerprint density at radius 3 is 2.48 bits per heavy atom. The number of amides is 1. The third-order valence-corrected chi connectivity index (χ3v) is 5.90. The topological polar surface area (TPSA) is 71.0 Å². The van der Waals surface area contributed by atoms with Gasteiger partial charge in [-0.2, -0.15) is 0 Å². The highest BCUT2D eigenvalue weighted by atomic mass is 16.6. The number of likely N-dealkylation sites (tertiary alicyclic amines) is 1. The fourth-order valence-electron chi connectivity index (χ4n) is 4.08. The summed E-state index contributed by atoms with van der Waals surface area (Å²) in [5.74, 6) is 1.56. The fraction of sp³-hybridized carbons (Fsp3) is 0.435. The van der Waals surface area contributed by atoms with Crippen molar-refractivity contribution < 1.29 is 19.4 Å². The Morgan fingerprint density at radius 1 is 1.07 bits per heavy atom. The van der Waals surface area contributed by atoms with Crippen LogP contribution in [0.4, 0.5) is 5.69 Å². The van der Waals surface area contributed by atoms with Crippen LogP contribution >= 0.6 is 0 Å². The molecule has 2 atom stereocenters. The molecule has 1 amide bonds. The summed E-state index contributed by atoms with van der Waals surface area (Å²) in [6.45, 7) is 4.59. The Labute approximate surface area is 171 Å². The molecular weight excluding hydrogens is 368 g/mol. The minimum Gasteiger partial charge on any atom is -0.486 e. The highest BCUT2D eigenvalue weighted by Gasteiger charge is 2.30. The van der Waals surface area contributed by atoms with Gasteiger partial charge in [0.25, 0.3) is 0 Å². The third-order valence-electron chi connectivity index (χ3n) is 5.90. The predicted octanol–water partition coefficient (Wildman–Crippen LogP) is 3.23. The molecule has 4 rings (SSSR count). The minimum atomic E-state index is -0.444. The van der Waals surface area contributed by atoms with Crippen LogP contribution in [0, 0.1) is 5.92 Å². The van der Waals surface area contributed by atoms with E-state index in [0.29, 0.717) is 30.4 Å². The Kier molecular flexibility index (Phi) is 6.02. The molecule has 0 radical (unpaired) electrons. The van der Waals surface area contributed by atoms with Gasteiger partial charge in [0.1, 0.15) is 13.2 Å². The van der Waals surface area contributed by atoms with E-state index in [0.717, 1.165) is 31.5 Å². The lowest BCUT2D eigenvalue weighted by atomic mass is 9.87. The van der Waals surface area contributed by atoms with Crippen molar-refractivity contribution in [3.05, 3.63) is 54.1 Å². The molecule has 0 saturated carbocycles. The number of benzene rings is 2. The molecule has 1 saturated heterocycles. The Hall–Kier alpha value is -2.57. The number of piperidine rings is 1. The van der Waals surface area contributed by atoms with Crippen molar-refractivity contribution in [2.75, 3.05) is 31.6 Å². The average molecular weight is 396 g/mol. The zero-order valence-corrected chi connectivity index (χ0v) is 16.7. The van der Waals surface area contributed by atoms with Gasteiger partial charge in [0.05, 0.1) is 12.1 Å². The number of carbonyl (C=O) groups excluding carboxylic acids is 1. The largest absolute Gasteiger partial charge is 0.486 e. The van der Waals surface area contributed by atoms with Crippen molar-refractivity contribution in [2.24, 2.45) is 5.92 Å². The molecule has 0 aliphatic carbocycles. The van der Waals surface area contributed by atoms with Gasteiger partial charge < -0.3 is 19.9 Å². The van der Waals surface area contributed by atoms with E-state index in [9.17, 15) is 9.90 Å². The number of hydrogen-bond acceptors (Lipinski definition) is 5. The van der Waals surface area contributed by atoms with E-state index < -0.39 is 6.10 Å². The van der Waals surface area contributed by atoms with Gasteiger partial charge >= 0.3 is 0 Å². The van der Waals surface area contributed by atoms with Crippen LogP contribution in [-0.4, -0.2) is 48.3 Å². The van der Waals surface area contributed by atoms with Gasteiger partial charge in [0.2, 0.25) is 5.91 Å². The molecule has 6 nitrogen and oxygen atoms in total. The van der Waals surface area contributed by atoms with Crippen molar-refractivity contribution in [1.82, 2.24) is 4.90 Å². The lowest BCUT2D eigenvalue weighted by Crippen LogP contribution is -2.46. The van der Waals surface area contributed by atoms with Crippen LogP contribution in [0.3, 0.4) is 0 Å². The fourth-order valence-corrected chi connectivity index (χ4v) is 4.08. The molecule has 0 aromatic heterocycles. The van der Waals surface area contributed by atoms with E-state index in [-0.39, 0.29) is 17.9 Å². The lowest BCUT2D eigenvalue weighted by Gasteiger charge is -2.37. The monoisotopic (exact) mass is 396 g/mol. The molecule has 29 heavy (non-hydrogen) atoms. The van der Waals surface area contributed by atoms with E-state index in [1.165, 1.54) is 0 Å². The van der Waals surface area contributed by atoms with Gasteiger partial charge in [-0.1, -0.05) is 30.3 Å². The lowest BCUT2D eigenvalue weighted by molar-refractivity contribution is -0.121. The van der Waals surface area contributed by atoms with Crippen LogP contribution in [0.25, 0.3) is 0 Å². The predicted molar refractivity (Wildman–Crippen MR) is 111 cm³/mol. The first-order chi connectivity index (χ1) is 14.1. The third kappa shape index (κ3) is 4.54. The van der Waals surface area contributed by atoms with Gasteiger partial charge in [0.15, 0.2) is 11.5 Å². The Bertz CT molecular complexity index is 834. The molecule has 2 aromatic rings. The number of fused-ring (bicyclic) bond motifs is 1. The molecule has 1 fully saturated rings. The molecule has 2 aliphatic heterocycles. The van der Waals surface area contributed by atoms with Crippen LogP contribution in [0.1, 0.15) is 31.4 Å². The van der Waals surface area contributed by atoms with Crippen molar-refractivity contribution >= 4 is 11.6 Å². The van der Waals surface area contributed by atoms with E-state index in [1.807, 2.05) is 55.5 Å². The summed E-state index contributed by atoms with van der Waals surface area (Å²) < 4.78 is 11.1. The Morgan fingerprint density at radius 2 is 1.76 bits per heavy atom. The maximum Gasteiger partial charge on any atom is 0.241 e. The molecule has 2 unspecified atom stereocenters. The molecule has 0 bridgehead atoms. The van der Waals surface area contributed by atoms with E-state index in [1.54, 1.807) is 0 Å². The number of nitrogens with one attached hydrogen (secondary N) is 1. The first-order valence-electron chi connectivity index (χ1n) is 10.3. The van der Waals surface area contributed by atoms with Crippen molar-refractivity contribution in [3.8, 4) is 11.5 Å². The number of nitrogens with zero attached hydrogens (tertiary/aromatic N) is 1. The number of ether oxygens (including phenoxy) is 2.